The van der Waals surface area contributed by atoms with Crippen LogP contribution in [0.5, 0.6) is 0 Å². The Morgan fingerprint density at radius 2 is 1.71 bits per heavy atom. The van der Waals surface area contributed by atoms with E-state index in [-0.39, 0.29) is 19.0 Å². The maximum absolute atomic E-state index is 14.8. The number of carbonyl (C=O) groups excluding carboxylic acids is 1. The second kappa shape index (κ2) is 9.11. The highest BCUT2D eigenvalue weighted by Crippen LogP contribution is 2.30. The van der Waals surface area contributed by atoms with E-state index in [1.165, 1.54) is 6.07 Å². The molecular formula is C24H21FO3. The minimum Gasteiger partial charge on any atom is -0.462 e. The van der Waals surface area contributed by atoms with Crippen molar-refractivity contribution in [3.63, 3.8) is 0 Å². The molecule has 28 heavy (non-hydrogen) atoms. The van der Waals surface area contributed by atoms with Crippen LogP contribution in [0.4, 0.5) is 4.39 Å². The van der Waals surface area contributed by atoms with Crippen LogP contribution in [0.15, 0.2) is 79.4 Å². The van der Waals surface area contributed by atoms with Crippen molar-refractivity contribution in [1.82, 2.24) is 0 Å². The maximum Gasteiger partial charge on any atom is 0.330 e. The Balaban J connectivity index is 1.85. The van der Waals surface area contributed by atoms with Gasteiger partial charge in [0, 0.05) is 18.1 Å². The minimum atomic E-state index is -0.458. The molecule has 3 aromatic rings. The van der Waals surface area contributed by atoms with Crippen LogP contribution < -0.4 is 0 Å². The first-order chi connectivity index (χ1) is 13.6. The molecule has 3 aromatic carbocycles. The Bertz CT molecular complexity index is 977. The van der Waals surface area contributed by atoms with E-state index >= 15 is 0 Å². The monoisotopic (exact) mass is 376 g/mol. The van der Waals surface area contributed by atoms with E-state index < -0.39 is 5.97 Å². The van der Waals surface area contributed by atoms with E-state index in [1.54, 1.807) is 30.3 Å². The average molecular weight is 376 g/mol. The number of esters is 1. The minimum absolute atomic E-state index is 0.0411. The van der Waals surface area contributed by atoms with Crippen LogP contribution >= 0.6 is 0 Å². The van der Waals surface area contributed by atoms with Crippen molar-refractivity contribution >= 4 is 5.97 Å². The topological polar surface area (TPSA) is 46.5 Å². The van der Waals surface area contributed by atoms with E-state index in [1.807, 2.05) is 30.3 Å². The van der Waals surface area contributed by atoms with Crippen molar-refractivity contribution in [2.45, 2.75) is 13.0 Å². The van der Waals surface area contributed by atoms with Crippen LogP contribution in [0.2, 0.25) is 0 Å². The molecule has 0 aliphatic carbocycles. The van der Waals surface area contributed by atoms with Gasteiger partial charge in [0.05, 0.1) is 13.2 Å². The van der Waals surface area contributed by atoms with Gasteiger partial charge in [0.1, 0.15) is 5.82 Å². The summed E-state index contributed by atoms with van der Waals surface area (Å²) in [6.45, 7) is 3.57. The fraction of sp³-hybridized carbons (Fsp3) is 0.125. The highest BCUT2D eigenvalue weighted by atomic mass is 19.1. The normalized spacial score (nSPS) is 10.5. The highest BCUT2D eigenvalue weighted by molar-refractivity contribution is 5.81. The van der Waals surface area contributed by atoms with Gasteiger partial charge in [-0.2, -0.15) is 0 Å². The number of hydrogen-bond acceptors (Lipinski definition) is 3. The predicted molar refractivity (Wildman–Crippen MR) is 108 cm³/mol. The largest absolute Gasteiger partial charge is 0.462 e. The summed E-state index contributed by atoms with van der Waals surface area (Å²) in [6, 6.07) is 20.0. The van der Waals surface area contributed by atoms with Crippen molar-refractivity contribution in [3.8, 4) is 22.3 Å². The lowest BCUT2D eigenvalue weighted by atomic mass is 9.95. The molecule has 0 heterocycles. The summed E-state index contributed by atoms with van der Waals surface area (Å²) in [4.78, 5) is 11.2. The molecule has 0 amide bonds. The van der Waals surface area contributed by atoms with E-state index in [9.17, 15) is 9.18 Å². The van der Waals surface area contributed by atoms with Gasteiger partial charge in [0.2, 0.25) is 0 Å². The van der Waals surface area contributed by atoms with Crippen molar-refractivity contribution in [1.29, 1.82) is 0 Å². The van der Waals surface area contributed by atoms with Crippen molar-refractivity contribution < 1.29 is 19.0 Å². The van der Waals surface area contributed by atoms with Gasteiger partial charge >= 0.3 is 5.97 Å². The molecule has 0 saturated carbocycles. The van der Waals surface area contributed by atoms with Gasteiger partial charge in [-0.25, -0.2) is 9.18 Å². The average Bonchev–Trinajstić information content (AvgIpc) is 2.74. The fourth-order valence-electron chi connectivity index (χ4n) is 3.05. The quantitative estimate of drug-likeness (QED) is 0.470. The predicted octanol–water partition coefficient (Wildman–Crippen LogP) is 4.92. The lowest BCUT2D eigenvalue weighted by molar-refractivity contribution is -0.137. The number of halogens is 1. The molecule has 0 spiro atoms. The van der Waals surface area contributed by atoms with Gasteiger partial charge in [-0.1, -0.05) is 67.2 Å². The summed E-state index contributed by atoms with van der Waals surface area (Å²) in [7, 11) is 0. The Labute approximate surface area is 163 Å². The number of carbonyl (C=O) groups is 1. The number of ether oxygens (including phenoxy) is 1. The smallest absolute Gasteiger partial charge is 0.330 e. The molecule has 0 atom stereocenters. The van der Waals surface area contributed by atoms with Crippen LogP contribution in [0, 0.1) is 5.82 Å². The zero-order valence-corrected chi connectivity index (χ0v) is 15.4. The SMILES string of the molecule is C=CC(=O)OCCc1ccccc1-c1ccc(-c2ccc(CO)cc2)c(F)c1. The first-order valence-electron chi connectivity index (χ1n) is 8.99. The zero-order chi connectivity index (χ0) is 19.9. The van der Waals surface area contributed by atoms with Gasteiger partial charge in [0.15, 0.2) is 0 Å². The molecule has 0 aromatic heterocycles. The van der Waals surface area contributed by atoms with E-state index in [2.05, 4.69) is 6.58 Å². The van der Waals surface area contributed by atoms with E-state index in [0.717, 1.165) is 33.9 Å². The Morgan fingerprint density at radius 3 is 2.39 bits per heavy atom. The van der Waals surface area contributed by atoms with Gasteiger partial charge in [-0.05, 0) is 33.9 Å². The lowest BCUT2D eigenvalue weighted by Crippen LogP contribution is -2.05. The standard InChI is InChI=1S/C24H21FO3/c1-2-24(27)28-14-13-18-5-3-4-6-21(18)20-11-12-22(23(25)15-20)19-9-7-17(16-26)8-10-19/h2-12,15,26H,1,13-14,16H2. The molecule has 1 N–H and O–H groups in total. The number of aliphatic hydroxyl groups excluding tert-OH is 1. The van der Waals surface area contributed by atoms with E-state index in [4.69, 9.17) is 9.84 Å². The Hall–Kier alpha value is -3.24. The van der Waals surface area contributed by atoms with Gasteiger partial charge in [-0.15, -0.1) is 0 Å². The van der Waals surface area contributed by atoms with Crippen LogP contribution in [-0.4, -0.2) is 17.7 Å². The fourth-order valence-corrected chi connectivity index (χ4v) is 3.05. The van der Waals surface area contributed by atoms with Crippen LogP contribution in [0.1, 0.15) is 11.1 Å². The van der Waals surface area contributed by atoms with Gasteiger partial charge < -0.3 is 9.84 Å². The molecule has 0 aliphatic rings. The maximum atomic E-state index is 14.8. The second-order valence-corrected chi connectivity index (χ2v) is 6.33. The first kappa shape index (κ1) is 19.5. The summed E-state index contributed by atoms with van der Waals surface area (Å²) in [5, 5.41) is 9.14. The molecule has 3 nitrogen and oxygen atoms in total. The summed E-state index contributed by atoms with van der Waals surface area (Å²) in [5.74, 6) is -0.776. The van der Waals surface area contributed by atoms with Crippen LogP contribution in [0.3, 0.4) is 0 Å². The third-order valence-corrected chi connectivity index (χ3v) is 4.53. The summed E-state index contributed by atoms with van der Waals surface area (Å²) in [6.07, 6.45) is 1.66. The molecule has 0 aliphatic heterocycles. The number of benzene rings is 3. The molecule has 3 rings (SSSR count). The van der Waals surface area contributed by atoms with E-state index in [0.29, 0.717) is 12.0 Å². The number of rotatable bonds is 7. The Morgan fingerprint density at radius 1 is 1.00 bits per heavy atom. The first-order valence-corrected chi connectivity index (χ1v) is 8.99. The van der Waals surface area contributed by atoms with Gasteiger partial charge in [0.25, 0.3) is 0 Å². The molecule has 0 saturated heterocycles. The third-order valence-electron chi connectivity index (χ3n) is 4.53. The molecule has 0 bridgehead atoms. The third kappa shape index (κ3) is 4.53. The molecule has 142 valence electrons. The summed E-state index contributed by atoms with van der Waals surface area (Å²) < 4.78 is 19.9. The Kier molecular flexibility index (Phi) is 6.35. The lowest BCUT2D eigenvalue weighted by Gasteiger charge is -2.12. The highest BCUT2D eigenvalue weighted by Gasteiger charge is 2.10. The van der Waals surface area contributed by atoms with Crippen LogP contribution in [-0.2, 0) is 22.6 Å². The second-order valence-electron chi connectivity index (χ2n) is 6.33. The summed E-state index contributed by atoms with van der Waals surface area (Å²) >= 11 is 0. The zero-order valence-electron chi connectivity index (χ0n) is 15.4. The summed E-state index contributed by atoms with van der Waals surface area (Å²) in [5.41, 5.74) is 4.68. The molecule has 0 fully saturated rings. The van der Waals surface area contributed by atoms with Crippen molar-refractivity contribution in [3.05, 3.63) is 96.3 Å². The molecule has 4 heteroatoms. The molecule has 0 radical (unpaired) electrons. The van der Waals surface area contributed by atoms with Crippen molar-refractivity contribution in [2.75, 3.05) is 6.61 Å². The number of aliphatic hydroxyl groups is 1. The molecule has 0 unspecified atom stereocenters. The van der Waals surface area contributed by atoms with Crippen molar-refractivity contribution in [2.24, 2.45) is 0 Å². The number of hydrogen-bond donors (Lipinski definition) is 1. The van der Waals surface area contributed by atoms with Crippen LogP contribution in [0.25, 0.3) is 22.3 Å². The molecular weight excluding hydrogens is 355 g/mol. The van der Waals surface area contributed by atoms with Gasteiger partial charge in [-0.3, -0.25) is 0 Å².